The number of methoxy groups -OCH3 is 1. The minimum Gasteiger partial charge on any atom is -0.569 e. The minimum atomic E-state index is -0.504. The first kappa shape index (κ1) is 11.5. The summed E-state index contributed by atoms with van der Waals surface area (Å²) in [6.45, 7) is 0. The van der Waals surface area contributed by atoms with E-state index in [1.54, 1.807) is 18.2 Å². The van der Waals surface area contributed by atoms with E-state index < -0.39 is 5.95 Å². The van der Waals surface area contributed by atoms with Crippen LogP contribution in [-0.4, -0.2) is 7.11 Å². The molecule has 0 atom stereocenters. The van der Waals surface area contributed by atoms with Crippen molar-refractivity contribution >= 4 is 10.8 Å². The third-order valence-corrected chi connectivity index (χ3v) is 1.99. The molecule has 0 aliphatic rings. The summed E-state index contributed by atoms with van der Waals surface area (Å²) in [4.78, 5) is 0. The zero-order chi connectivity index (χ0) is 10.1. The largest absolute Gasteiger partial charge is 1.00 e. The first-order valence-electron chi connectivity index (χ1n) is 3.94. The fourth-order valence-electron chi connectivity index (χ4n) is 1.38. The van der Waals surface area contributed by atoms with Crippen LogP contribution in [0.1, 0.15) is 5.76 Å². The molecular formula is C10H6LiNO3. The van der Waals surface area contributed by atoms with Gasteiger partial charge in [-0.1, -0.05) is 12.1 Å². The Balaban J connectivity index is 0.00000112. The average molecular weight is 195 g/mol. The molecule has 0 fully saturated rings. The van der Waals surface area contributed by atoms with Crippen molar-refractivity contribution in [1.29, 1.82) is 5.26 Å². The number of fused-ring (bicyclic) bond motifs is 1. The molecule has 0 saturated heterocycles. The third kappa shape index (κ3) is 1.68. The smallest absolute Gasteiger partial charge is 0.569 e. The maximum absolute atomic E-state index is 11.3. The summed E-state index contributed by atoms with van der Waals surface area (Å²) in [5.41, 5.74) is 0. The van der Waals surface area contributed by atoms with Crippen LogP contribution in [0, 0.1) is 11.3 Å². The van der Waals surface area contributed by atoms with Gasteiger partial charge in [-0.15, -0.1) is 0 Å². The van der Waals surface area contributed by atoms with Gasteiger partial charge in [0, 0.05) is 5.39 Å². The van der Waals surface area contributed by atoms with Gasteiger partial charge < -0.3 is 14.3 Å². The number of benzene rings is 1. The van der Waals surface area contributed by atoms with E-state index in [4.69, 9.17) is 14.4 Å². The molecule has 0 aliphatic carbocycles. The number of hydrogen-bond acceptors (Lipinski definition) is 4. The second kappa shape index (κ2) is 4.31. The van der Waals surface area contributed by atoms with Gasteiger partial charge in [-0.05, 0) is 6.07 Å². The Labute approximate surface area is 98.2 Å². The average Bonchev–Trinajstić information content (AvgIpc) is 2.56. The molecule has 0 aliphatic heterocycles. The summed E-state index contributed by atoms with van der Waals surface area (Å²) in [6.07, 6.45) is 0. The Morgan fingerprint density at radius 2 is 2.20 bits per heavy atom. The normalized spacial score (nSPS) is 9.33. The Hall–Kier alpha value is -1.55. The van der Waals surface area contributed by atoms with Crippen LogP contribution in [0.15, 0.2) is 22.6 Å². The van der Waals surface area contributed by atoms with E-state index in [2.05, 4.69) is 0 Å². The fourth-order valence-corrected chi connectivity index (χ4v) is 1.38. The molecule has 2 aromatic rings. The first-order chi connectivity index (χ1) is 6.77. The summed E-state index contributed by atoms with van der Waals surface area (Å²) in [7, 11) is 1.48. The van der Waals surface area contributed by atoms with Gasteiger partial charge in [0.15, 0.2) is 0 Å². The summed E-state index contributed by atoms with van der Waals surface area (Å²) in [6, 6.07) is 6.78. The van der Waals surface area contributed by atoms with Gasteiger partial charge >= 0.3 is 18.9 Å². The quantitative estimate of drug-likeness (QED) is 0.513. The zero-order valence-corrected chi connectivity index (χ0v) is 8.40. The van der Waals surface area contributed by atoms with Crippen molar-refractivity contribution < 1.29 is 33.1 Å². The molecular weight excluding hydrogens is 189 g/mol. The van der Waals surface area contributed by atoms with Crippen molar-refractivity contribution in [2.45, 2.75) is 0 Å². The summed E-state index contributed by atoms with van der Waals surface area (Å²) in [5, 5.41) is 20.8. The number of nitriles is 1. The molecule has 0 amide bonds. The monoisotopic (exact) mass is 195 g/mol. The van der Waals surface area contributed by atoms with Crippen LogP contribution in [0.2, 0.25) is 0 Å². The molecule has 15 heavy (non-hydrogen) atoms. The molecule has 1 heterocycles. The maximum Gasteiger partial charge on any atom is 1.00 e. The van der Waals surface area contributed by atoms with Crippen LogP contribution in [0.25, 0.3) is 10.8 Å². The molecule has 0 unspecified atom stereocenters. The zero-order valence-electron chi connectivity index (χ0n) is 8.40. The van der Waals surface area contributed by atoms with Crippen LogP contribution in [0.4, 0.5) is 0 Å². The van der Waals surface area contributed by atoms with Gasteiger partial charge in [0.25, 0.3) is 0 Å². The van der Waals surface area contributed by atoms with E-state index in [1.807, 2.05) is 6.07 Å². The van der Waals surface area contributed by atoms with E-state index in [0.717, 1.165) is 0 Å². The Kier molecular flexibility index (Phi) is 3.31. The number of furan rings is 1. The number of nitrogens with zero attached hydrogens (tertiary/aromatic N) is 1. The van der Waals surface area contributed by atoms with Crippen molar-refractivity contribution in [3.63, 3.8) is 0 Å². The molecule has 1 aromatic heterocycles. The summed E-state index contributed by atoms with van der Waals surface area (Å²) < 4.78 is 9.79. The second-order valence-electron chi connectivity index (χ2n) is 2.71. The van der Waals surface area contributed by atoms with Crippen LogP contribution in [-0.2, 0) is 0 Å². The Morgan fingerprint density at radius 1 is 1.47 bits per heavy atom. The fraction of sp³-hybridized carbons (Fsp3) is 0.100. The first-order valence-corrected chi connectivity index (χ1v) is 3.94. The van der Waals surface area contributed by atoms with Crippen molar-refractivity contribution in [3.05, 3.63) is 24.0 Å². The number of rotatable bonds is 1. The van der Waals surface area contributed by atoms with Crippen molar-refractivity contribution in [1.82, 2.24) is 0 Å². The maximum atomic E-state index is 11.3. The number of hydrogen-bond donors (Lipinski definition) is 0. The van der Waals surface area contributed by atoms with Gasteiger partial charge in [-0.2, -0.15) is 5.26 Å². The van der Waals surface area contributed by atoms with Gasteiger partial charge in [-0.3, -0.25) is 0 Å². The minimum absolute atomic E-state index is 0. The van der Waals surface area contributed by atoms with Crippen LogP contribution in [0.5, 0.6) is 11.7 Å². The van der Waals surface area contributed by atoms with E-state index in [-0.39, 0.29) is 24.6 Å². The molecule has 2 rings (SSSR count). The standard InChI is InChI=1S/C10H7NO3.Li/c1-13-7-4-2-3-6-9(7)8(5-11)14-10(6)12;/h2-4,12H,1H3;/q;+1/p-1. The topological polar surface area (TPSA) is 69.2 Å². The summed E-state index contributed by atoms with van der Waals surface area (Å²) in [5.74, 6) is -0.0252. The predicted molar refractivity (Wildman–Crippen MR) is 46.9 cm³/mol. The second-order valence-corrected chi connectivity index (χ2v) is 2.71. The molecule has 0 radical (unpaired) electrons. The number of ether oxygens (including phenoxy) is 1. The van der Waals surface area contributed by atoms with Crippen molar-refractivity contribution in [3.8, 4) is 17.8 Å². The van der Waals surface area contributed by atoms with Crippen molar-refractivity contribution in [2.75, 3.05) is 7.11 Å². The van der Waals surface area contributed by atoms with E-state index >= 15 is 0 Å². The van der Waals surface area contributed by atoms with Crippen LogP contribution in [0.3, 0.4) is 0 Å². The van der Waals surface area contributed by atoms with E-state index in [0.29, 0.717) is 16.5 Å². The Morgan fingerprint density at radius 3 is 2.80 bits per heavy atom. The molecule has 0 N–H and O–H groups in total. The molecule has 1 aromatic carbocycles. The predicted octanol–water partition coefficient (Wildman–Crippen LogP) is -1.61. The molecule has 0 spiro atoms. The Bertz CT molecular complexity index is 527. The van der Waals surface area contributed by atoms with Gasteiger partial charge in [0.05, 0.1) is 18.4 Å². The third-order valence-electron chi connectivity index (χ3n) is 1.99. The van der Waals surface area contributed by atoms with E-state index in [9.17, 15) is 5.11 Å². The molecule has 0 bridgehead atoms. The van der Waals surface area contributed by atoms with Gasteiger partial charge in [0.2, 0.25) is 0 Å². The van der Waals surface area contributed by atoms with Gasteiger partial charge in [0.1, 0.15) is 17.6 Å². The van der Waals surface area contributed by atoms with Crippen molar-refractivity contribution in [2.24, 2.45) is 0 Å². The summed E-state index contributed by atoms with van der Waals surface area (Å²) >= 11 is 0. The molecule has 70 valence electrons. The van der Waals surface area contributed by atoms with Crippen LogP contribution < -0.4 is 28.7 Å². The van der Waals surface area contributed by atoms with Crippen LogP contribution >= 0.6 is 0 Å². The SMILES string of the molecule is COc1cccc2c([O-])oc(C#N)c12.[Li+]. The van der Waals surface area contributed by atoms with E-state index in [1.165, 1.54) is 7.11 Å². The molecule has 0 saturated carbocycles. The van der Waals surface area contributed by atoms with Gasteiger partial charge in [-0.25, -0.2) is 0 Å². The molecule has 5 heteroatoms. The molecule has 4 nitrogen and oxygen atoms in total.